The third kappa shape index (κ3) is 5.49. The Hall–Kier alpha value is -4.79. The van der Waals surface area contributed by atoms with Crippen LogP contribution in [0.25, 0.3) is 0 Å². The van der Waals surface area contributed by atoms with Gasteiger partial charge in [0.05, 0.1) is 48.0 Å². The third-order valence-corrected chi connectivity index (χ3v) is 7.24. The van der Waals surface area contributed by atoms with Crippen molar-refractivity contribution in [1.29, 1.82) is 5.26 Å². The Morgan fingerprint density at radius 2 is 1.68 bits per heavy atom. The zero-order chi connectivity index (χ0) is 29.0. The number of ether oxygens (including phenoxy) is 2. The van der Waals surface area contributed by atoms with Crippen LogP contribution >= 0.6 is 23.4 Å². The Morgan fingerprint density at radius 1 is 1.02 bits per heavy atom. The number of allylic oxidation sites excluding steroid dienone is 1. The summed E-state index contributed by atoms with van der Waals surface area (Å²) in [5.41, 5.74) is 6.18. The summed E-state index contributed by atoms with van der Waals surface area (Å²) in [6.45, 7) is 0. The summed E-state index contributed by atoms with van der Waals surface area (Å²) in [4.78, 5) is 40.1. The molecule has 1 atom stereocenters. The van der Waals surface area contributed by atoms with Crippen molar-refractivity contribution >= 4 is 46.7 Å². The quantitative estimate of drug-likeness (QED) is 0.223. The predicted molar refractivity (Wildman–Crippen MR) is 148 cm³/mol. The second-order valence-electron chi connectivity index (χ2n) is 8.33. The van der Waals surface area contributed by atoms with E-state index in [1.165, 1.54) is 23.9 Å². The molecule has 1 aliphatic heterocycles. The minimum Gasteiger partial charge on any atom is -0.466 e. The van der Waals surface area contributed by atoms with Crippen LogP contribution in [0.3, 0.4) is 0 Å². The third-order valence-electron chi connectivity index (χ3n) is 6.00. The highest BCUT2D eigenvalue weighted by molar-refractivity contribution is 7.99. The molecule has 40 heavy (non-hydrogen) atoms. The maximum Gasteiger partial charge on any atom is 0.355 e. The van der Waals surface area contributed by atoms with Crippen molar-refractivity contribution in [2.75, 3.05) is 19.1 Å². The van der Waals surface area contributed by atoms with Crippen LogP contribution in [0.1, 0.15) is 11.5 Å². The van der Waals surface area contributed by atoms with Gasteiger partial charge in [0.1, 0.15) is 11.5 Å². The standard InChI is InChI=1S/C28H21ClN4O6S/c1-38-27(34)24-23(16-6-4-3-5-7-16)22(15-30)26(31)32(25(24)28(35)39-2)18-12-19(33(36)37)14-21(13-18)40-20-10-8-17(29)9-11-20/h3-14,23H,31H2,1-2H3. The lowest BCUT2D eigenvalue weighted by molar-refractivity contribution is -0.385. The Morgan fingerprint density at radius 3 is 2.25 bits per heavy atom. The molecule has 2 N–H and O–H groups in total. The predicted octanol–water partition coefficient (Wildman–Crippen LogP) is 5.30. The number of nitrogens with two attached hydrogens (primary N) is 1. The number of nitro groups is 1. The summed E-state index contributed by atoms with van der Waals surface area (Å²) in [5, 5.41) is 22.6. The molecule has 0 aromatic heterocycles. The first-order chi connectivity index (χ1) is 19.2. The Labute approximate surface area is 238 Å². The SMILES string of the molecule is COC(=O)C1=C(C(=O)OC)N(c2cc(Sc3ccc(Cl)cc3)cc([N+](=O)[O-])c2)C(N)=C(C#N)C1c1ccccc1. The summed E-state index contributed by atoms with van der Waals surface area (Å²) in [5.74, 6) is -3.13. The number of nitriles is 1. The van der Waals surface area contributed by atoms with Gasteiger partial charge in [0, 0.05) is 26.9 Å². The zero-order valence-electron chi connectivity index (χ0n) is 21.2. The van der Waals surface area contributed by atoms with Gasteiger partial charge in [-0.25, -0.2) is 9.59 Å². The smallest absolute Gasteiger partial charge is 0.355 e. The molecule has 3 aromatic rings. The molecule has 1 unspecified atom stereocenters. The largest absolute Gasteiger partial charge is 0.466 e. The van der Waals surface area contributed by atoms with Gasteiger partial charge in [-0.1, -0.05) is 53.7 Å². The van der Waals surface area contributed by atoms with Crippen LogP contribution in [-0.4, -0.2) is 31.1 Å². The number of anilines is 1. The lowest BCUT2D eigenvalue weighted by atomic mass is 9.81. The van der Waals surface area contributed by atoms with Crippen molar-refractivity contribution in [2.24, 2.45) is 5.73 Å². The maximum absolute atomic E-state index is 13.3. The van der Waals surface area contributed by atoms with Crippen LogP contribution in [0.15, 0.2) is 105 Å². The number of esters is 2. The van der Waals surface area contributed by atoms with E-state index in [1.807, 2.05) is 0 Å². The fourth-order valence-corrected chi connectivity index (χ4v) is 5.31. The molecule has 0 bridgehead atoms. The number of nitro benzene ring substituents is 1. The number of methoxy groups -OCH3 is 2. The molecule has 0 amide bonds. The van der Waals surface area contributed by atoms with Gasteiger partial charge >= 0.3 is 11.9 Å². The normalized spacial score (nSPS) is 14.9. The van der Waals surface area contributed by atoms with E-state index in [2.05, 4.69) is 6.07 Å². The van der Waals surface area contributed by atoms with E-state index in [9.17, 15) is 25.0 Å². The summed E-state index contributed by atoms with van der Waals surface area (Å²) in [6, 6.07) is 21.5. The lowest BCUT2D eigenvalue weighted by Crippen LogP contribution is -2.40. The van der Waals surface area contributed by atoms with Crippen molar-refractivity contribution in [3.05, 3.63) is 116 Å². The molecule has 0 aliphatic carbocycles. The number of carbonyl (C=O) groups is 2. The highest BCUT2D eigenvalue weighted by atomic mass is 35.5. The van der Waals surface area contributed by atoms with Gasteiger partial charge in [0.15, 0.2) is 0 Å². The van der Waals surface area contributed by atoms with E-state index in [-0.39, 0.29) is 34.0 Å². The fourth-order valence-electron chi connectivity index (χ4n) is 4.28. The van der Waals surface area contributed by atoms with Gasteiger partial charge in [-0.3, -0.25) is 15.0 Å². The maximum atomic E-state index is 13.3. The Bertz CT molecular complexity index is 1600. The van der Waals surface area contributed by atoms with Crippen molar-refractivity contribution in [3.8, 4) is 6.07 Å². The van der Waals surface area contributed by atoms with Crippen molar-refractivity contribution in [1.82, 2.24) is 0 Å². The summed E-state index contributed by atoms with van der Waals surface area (Å²) in [7, 11) is 2.26. The van der Waals surface area contributed by atoms with Crippen LogP contribution < -0.4 is 10.6 Å². The average Bonchev–Trinajstić information content (AvgIpc) is 2.97. The first-order valence-corrected chi connectivity index (χ1v) is 12.8. The molecule has 1 aliphatic rings. The first kappa shape index (κ1) is 28.2. The Kier molecular flexibility index (Phi) is 8.43. The number of non-ortho nitro benzene ring substituents is 1. The summed E-state index contributed by atoms with van der Waals surface area (Å²) >= 11 is 7.18. The zero-order valence-corrected chi connectivity index (χ0v) is 22.7. The molecule has 202 valence electrons. The summed E-state index contributed by atoms with van der Waals surface area (Å²) < 4.78 is 10.0. The molecule has 0 spiro atoms. The topological polar surface area (TPSA) is 149 Å². The van der Waals surface area contributed by atoms with Crippen molar-refractivity contribution in [3.63, 3.8) is 0 Å². The molecule has 3 aromatic carbocycles. The van der Waals surface area contributed by atoms with Crippen LogP contribution in [0.2, 0.25) is 5.02 Å². The number of rotatable bonds is 7. The van der Waals surface area contributed by atoms with E-state index < -0.39 is 22.8 Å². The average molecular weight is 577 g/mol. The first-order valence-electron chi connectivity index (χ1n) is 11.6. The van der Waals surface area contributed by atoms with Crippen molar-refractivity contribution < 1.29 is 24.0 Å². The van der Waals surface area contributed by atoms with E-state index in [4.69, 9.17) is 26.8 Å². The molecule has 0 fully saturated rings. The highest BCUT2D eigenvalue weighted by Gasteiger charge is 2.43. The molecule has 12 heteroatoms. The monoisotopic (exact) mass is 576 g/mol. The fraction of sp³-hybridized carbons (Fsp3) is 0.107. The molecular weight excluding hydrogens is 556 g/mol. The number of nitrogens with zero attached hydrogens (tertiary/aromatic N) is 3. The van der Waals surface area contributed by atoms with Gasteiger partial charge in [0.25, 0.3) is 5.69 Å². The van der Waals surface area contributed by atoms with E-state index in [1.54, 1.807) is 60.7 Å². The number of carbonyl (C=O) groups excluding carboxylic acids is 2. The Balaban J connectivity index is 2.01. The van der Waals surface area contributed by atoms with E-state index >= 15 is 0 Å². The molecule has 0 saturated heterocycles. The molecule has 1 heterocycles. The minimum absolute atomic E-state index is 0.0577. The van der Waals surface area contributed by atoms with Gasteiger partial charge < -0.3 is 15.2 Å². The van der Waals surface area contributed by atoms with E-state index in [0.29, 0.717) is 15.5 Å². The molecule has 10 nitrogen and oxygen atoms in total. The van der Waals surface area contributed by atoms with Crippen LogP contribution in [0, 0.1) is 21.4 Å². The second kappa shape index (κ2) is 11.9. The van der Waals surface area contributed by atoms with Crippen LogP contribution in [0.4, 0.5) is 11.4 Å². The second-order valence-corrected chi connectivity index (χ2v) is 9.92. The highest BCUT2D eigenvalue weighted by Crippen LogP contribution is 2.45. The molecule has 4 rings (SSSR count). The summed E-state index contributed by atoms with van der Waals surface area (Å²) in [6.07, 6.45) is 0. The van der Waals surface area contributed by atoms with Gasteiger partial charge in [-0.15, -0.1) is 0 Å². The molecular formula is C28H21ClN4O6S. The van der Waals surface area contributed by atoms with Gasteiger partial charge in [-0.2, -0.15) is 5.26 Å². The number of benzene rings is 3. The van der Waals surface area contributed by atoms with E-state index in [0.717, 1.165) is 24.0 Å². The number of halogens is 1. The van der Waals surface area contributed by atoms with Gasteiger partial charge in [0.2, 0.25) is 0 Å². The van der Waals surface area contributed by atoms with Gasteiger partial charge in [-0.05, 0) is 35.9 Å². The molecule has 0 saturated carbocycles. The van der Waals surface area contributed by atoms with Crippen LogP contribution in [-0.2, 0) is 19.1 Å². The molecule has 0 radical (unpaired) electrons. The number of hydrogen-bond acceptors (Lipinski definition) is 10. The minimum atomic E-state index is -1.06. The van der Waals surface area contributed by atoms with Crippen molar-refractivity contribution in [2.45, 2.75) is 15.7 Å². The number of hydrogen-bond donors (Lipinski definition) is 1. The lowest BCUT2D eigenvalue weighted by Gasteiger charge is -2.35. The van der Waals surface area contributed by atoms with Crippen LogP contribution in [0.5, 0.6) is 0 Å².